The number of alkyl halides is 3. The summed E-state index contributed by atoms with van der Waals surface area (Å²) < 4.78 is 41.2. The average molecular weight is 290 g/mol. The van der Waals surface area contributed by atoms with E-state index in [1.54, 1.807) is 11.3 Å². The van der Waals surface area contributed by atoms with Crippen LogP contribution in [0.15, 0.2) is 29.6 Å². The first-order valence-corrected chi connectivity index (χ1v) is 6.61. The summed E-state index contributed by atoms with van der Waals surface area (Å²) in [6.07, 6.45) is -4.99. The molecule has 0 fully saturated rings. The second-order valence-corrected chi connectivity index (χ2v) is 5.16. The molecule has 0 spiro atoms. The Labute approximate surface area is 112 Å². The van der Waals surface area contributed by atoms with Crippen LogP contribution in [0, 0.1) is 0 Å². The van der Waals surface area contributed by atoms with E-state index in [0.717, 1.165) is 15.6 Å². The summed E-state index contributed by atoms with van der Waals surface area (Å²) in [5.41, 5.74) is 0.934. The zero-order valence-electron chi connectivity index (χ0n) is 9.98. The molecule has 1 unspecified atom stereocenters. The zero-order valence-corrected chi connectivity index (χ0v) is 10.8. The fourth-order valence-corrected chi connectivity index (χ4v) is 2.79. The molecule has 19 heavy (non-hydrogen) atoms. The minimum atomic E-state index is -4.35. The Bertz CT molecular complexity index is 536. The minimum absolute atomic E-state index is 0.294. The van der Waals surface area contributed by atoms with Crippen molar-refractivity contribution in [2.75, 3.05) is 13.2 Å². The minimum Gasteiger partial charge on any atom is -0.390 e. The molecule has 0 aliphatic carbocycles. The van der Waals surface area contributed by atoms with E-state index >= 15 is 0 Å². The van der Waals surface area contributed by atoms with E-state index in [9.17, 15) is 18.3 Å². The number of hydrogen-bond donors (Lipinski definition) is 1. The average Bonchev–Trinajstić information content (AvgIpc) is 2.71. The highest BCUT2D eigenvalue weighted by atomic mass is 32.1. The number of ether oxygens (including phenoxy) is 1. The van der Waals surface area contributed by atoms with Gasteiger partial charge in [-0.05, 0) is 22.4 Å². The molecule has 6 heteroatoms. The summed E-state index contributed by atoms with van der Waals surface area (Å²) in [7, 11) is 0. The van der Waals surface area contributed by atoms with E-state index in [-0.39, 0.29) is 6.61 Å². The van der Waals surface area contributed by atoms with Gasteiger partial charge in [0.1, 0.15) is 6.61 Å². The Balaban J connectivity index is 1.90. The monoisotopic (exact) mass is 290 g/mol. The second-order valence-electron chi connectivity index (χ2n) is 4.25. The molecular formula is C13H13F3O2S. The molecule has 1 atom stereocenters. The third-order valence-electron chi connectivity index (χ3n) is 2.59. The lowest BCUT2D eigenvalue weighted by atomic mass is 10.1. The number of thiophene rings is 1. The topological polar surface area (TPSA) is 29.5 Å². The number of rotatable bonds is 5. The van der Waals surface area contributed by atoms with Gasteiger partial charge in [0.2, 0.25) is 0 Å². The maximum absolute atomic E-state index is 11.9. The van der Waals surface area contributed by atoms with Crippen LogP contribution in [0.3, 0.4) is 0 Å². The van der Waals surface area contributed by atoms with E-state index in [1.165, 1.54) is 0 Å². The predicted molar refractivity (Wildman–Crippen MR) is 68.4 cm³/mol. The van der Waals surface area contributed by atoms with Crippen LogP contribution in [-0.2, 0) is 11.2 Å². The standard InChI is InChI=1S/C13H13F3O2S/c14-13(15,16)8-18-6-10(17)5-9-7-19-12-4-2-1-3-11(9)12/h1-4,7,10,17H,5-6,8H2. The quantitative estimate of drug-likeness (QED) is 0.914. The second kappa shape index (κ2) is 5.90. The number of aliphatic hydroxyl groups is 1. The summed E-state index contributed by atoms with van der Waals surface area (Å²) in [6, 6.07) is 7.72. The van der Waals surface area contributed by atoms with Gasteiger partial charge >= 0.3 is 6.18 Å². The smallest absolute Gasteiger partial charge is 0.390 e. The lowest BCUT2D eigenvalue weighted by Gasteiger charge is -2.12. The van der Waals surface area contributed by atoms with Crippen molar-refractivity contribution in [2.45, 2.75) is 18.7 Å². The van der Waals surface area contributed by atoms with Crippen LogP contribution in [0.4, 0.5) is 13.2 Å². The van der Waals surface area contributed by atoms with Gasteiger partial charge in [0.05, 0.1) is 12.7 Å². The van der Waals surface area contributed by atoms with Crippen LogP contribution in [0.2, 0.25) is 0 Å². The Morgan fingerprint density at radius 3 is 2.74 bits per heavy atom. The Hall–Kier alpha value is -1.11. The SMILES string of the molecule is OC(COCC(F)(F)F)Cc1csc2ccccc12. The molecule has 0 saturated carbocycles. The molecular weight excluding hydrogens is 277 g/mol. The fraction of sp³-hybridized carbons (Fsp3) is 0.385. The van der Waals surface area contributed by atoms with Crippen molar-refractivity contribution < 1.29 is 23.0 Å². The van der Waals surface area contributed by atoms with Crippen LogP contribution in [-0.4, -0.2) is 30.6 Å². The molecule has 1 N–H and O–H groups in total. The third kappa shape index (κ3) is 4.19. The Morgan fingerprint density at radius 1 is 1.26 bits per heavy atom. The van der Waals surface area contributed by atoms with Crippen LogP contribution in [0.5, 0.6) is 0 Å². The third-order valence-corrected chi connectivity index (χ3v) is 3.60. The molecule has 0 aliphatic rings. The maximum atomic E-state index is 11.9. The summed E-state index contributed by atoms with van der Waals surface area (Å²) >= 11 is 1.55. The summed E-state index contributed by atoms with van der Waals surface area (Å²) in [5.74, 6) is 0. The summed E-state index contributed by atoms with van der Waals surface area (Å²) in [6.45, 7) is -1.64. The fourth-order valence-electron chi connectivity index (χ4n) is 1.81. The van der Waals surface area contributed by atoms with Gasteiger partial charge in [0, 0.05) is 11.1 Å². The molecule has 104 valence electrons. The van der Waals surface area contributed by atoms with Gasteiger partial charge in [-0.15, -0.1) is 11.3 Å². The van der Waals surface area contributed by atoms with Crippen molar-refractivity contribution in [3.05, 3.63) is 35.2 Å². The van der Waals surface area contributed by atoms with Crippen LogP contribution >= 0.6 is 11.3 Å². The molecule has 1 aromatic carbocycles. The van der Waals surface area contributed by atoms with Crippen molar-refractivity contribution in [1.82, 2.24) is 0 Å². The van der Waals surface area contributed by atoms with Crippen molar-refractivity contribution >= 4 is 21.4 Å². The Kier molecular flexibility index (Phi) is 4.44. The molecule has 1 heterocycles. The lowest BCUT2D eigenvalue weighted by molar-refractivity contribution is -0.178. The molecule has 0 amide bonds. The summed E-state index contributed by atoms with van der Waals surface area (Å²) in [4.78, 5) is 0. The number of aliphatic hydroxyl groups excluding tert-OH is 1. The highest BCUT2D eigenvalue weighted by Gasteiger charge is 2.27. The van der Waals surface area contributed by atoms with Crippen LogP contribution in [0.1, 0.15) is 5.56 Å². The summed E-state index contributed by atoms with van der Waals surface area (Å²) in [5, 5.41) is 12.6. The van der Waals surface area contributed by atoms with E-state index in [0.29, 0.717) is 6.42 Å². The van der Waals surface area contributed by atoms with Crippen molar-refractivity contribution in [1.29, 1.82) is 0 Å². The van der Waals surface area contributed by atoms with Gasteiger partial charge in [-0.3, -0.25) is 0 Å². The van der Waals surface area contributed by atoms with Gasteiger partial charge in [-0.1, -0.05) is 18.2 Å². The van der Waals surface area contributed by atoms with Crippen molar-refractivity contribution in [3.8, 4) is 0 Å². The van der Waals surface area contributed by atoms with Gasteiger partial charge in [0.15, 0.2) is 0 Å². The zero-order chi connectivity index (χ0) is 13.9. The molecule has 0 saturated heterocycles. The Morgan fingerprint density at radius 2 is 2.00 bits per heavy atom. The van der Waals surface area contributed by atoms with E-state index in [1.807, 2.05) is 29.6 Å². The van der Waals surface area contributed by atoms with Gasteiger partial charge in [-0.25, -0.2) is 0 Å². The molecule has 2 nitrogen and oxygen atoms in total. The van der Waals surface area contributed by atoms with Crippen molar-refractivity contribution in [3.63, 3.8) is 0 Å². The molecule has 0 radical (unpaired) electrons. The number of benzene rings is 1. The normalized spacial score (nSPS) is 13.9. The maximum Gasteiger partial charge on any atom is 0.411 e. The number of hydrogen-bond acceptors (Lipinski definition) is 3. The highest BCUT2D eigenvalue weighted by molar-refractivity contribution is 7.17. The largest absolute Gasteiger partial charge is 0.411 e. The molecule has 0 aliphatic heterocycles. The first kappa shape index (κ1) is 14.3. The van der Waals surface area contributed by atoms with Crippen LogP contribution in [0.25, 0.3) is 10.1 Å². The van der Waals surface area contributed by atoms with Gasteiger partial charge in [-0.2, -0.15) is 13.2 Å². The van der Waals surface area contributed by atoms with E-state index in [2.05, 4.69) is 4.74 Å². The van der Waals surface area contributed by atoms with E-state index < -0.39 is 18.9 Å². The number of fused-ring (bicyclic) bond motifs is 1. The lowest BCUT2D eigenvalue weighted by Crippen LogP contribution is -2.24. The molecule has 2 aromatic rings. The number of halogens is 3. The first-order valence-electron chi connectivity index (χ1n) is 5.73. The van der Waals surface area contributed by atoms with E-state index in [4.69, 9.17) is 0 Å². The molecule has 1 aromatic heterocycles. The first-order chi connectivity index (χ1) is 8.96. The molecule has 0 bridgehead atoms. The van der Waals surface area contributed by atoms with Crippen molar-refractivity contribution in [2.24, 2.45) is 0 Å². The van der Waals surface area contributed by atoms with Gasteiger partial charge in [0.25, 0.3) is 0 Å². The molecule has 2 rings (SSSR count). The highest BCUT2D eigenvalue weighted by Crippen LogP contribution is 2.26. The van der Waals surface area contributed by atoms with Gasteiger partial charge < -0.3 is 9.84 Å². The van der Waals surface area contributed by atoms with Crippen LogP contribution < -0.4 is 0 Å². The predicted octanol–water partition coefficient (Wildman–Crippen LogP) is 3.38.